The fourth-order valence-corrected chi connectivity index (χ4v) is 3.83. The molecular formula is C16H22BrNO2. The van der Waals surface area contributed by atoms with E-state index < -0.39 is 6.10 Å². The molecule has 0 saturated heterocycles. The van der Waals surface area contributed by atoms with Crippen molar-refractivity contribution < 1.29 is 9.84 Å². The molecule has 2 bridgehead atoms. The average molecular weight is 340 g/mol. The molecule has 0 radical (unpaired) electrons. The average Bonchev–Trinajstić information content (AvgIpc) is 3.07. The van der Waals surface area contributed by atoms with Crippen LogP contribution in [0.4, 0.5) is 0 Å². The van der Waals surface area contributed by atoms with Gasteiger partial charge < -0.3 is 15.2 Å². The van der Waals surface area contributed by atoms with Gasteiger partial charge in [-0.25, -0.2) is 0 Å². The Hall–Kier alpha value is -0.580. The molecular weight excluding hydrogens is 318 g/mol. The van der Waals surface area contributed by atoms with Gasteiger partial charge in [0.2, 0.25) is 0 Å². The normalized spacial score (nSPS) is 29.6. The van der Waals surface area contributed by atoms with Gasteiger partial charge in [0.25, 0.3) is 0 Å². The minimum atomic E-state index is -0.447. The molecule has 2 aliphatic carbocycles. The number of halogens is 1. The summed E-state index contributed by atoms with van der Waals surface area (Å²) in [5, 5.41) is 13.5. The molecule has 1 aromatic rings. The van der Waals surface area contributed by atoms with E-state index in [-0.39, 0.29) is 0 Å². The van der Waals surface area contributed by atoms with Gasteiger partial charge in [0.15, 0.2) is 0 Å². The van der Waals surface area contributed by atoms with Gasteiger partial charge in [-0.15, -0.1) is 0 Å². The summed E-state index contributed by atoms with van der Waals surface area (Å²) in [6.45, 7) is 0.972. The van der Waals surface area contributed by atoms with Gasteiger partial charge in [0, 0.05) is 17.1 Å². The van der Waals surface area contributed by atoms with E-state index in [1.165, 1.54) is 25.7 Å². The lowest BCUT2D eigenvalue weighted by atomic mass is 9.95. The van der Waals surface area contributed by atoms with Crippen LogP contribution in [0, 0.1) is 11.8 Å². The standard InChI is InChI=1S/C16H22BrNO2/c17-13-3-5-15(6-4-13)20-10-14(19)9-18-16-8-11-1-2-12(16)7-11/h3-6,11-12,14,16,18-19H,1-2,7-10H2. The lowest BCUT2D eigenvalue weighted by Gasteiger charge is -2.24. The van der Waals surface area contributed by atoms with Gasteiger partial charge in [-0.2, -0.15) is 0 Å². The zero-order chi connectivity index (χ0) is 13.9. The molecule has 110 valence electrons. The molecule has 2 aliphatic rings. The minimum absolute atomic E-state index is 0.343. The Bertz CT molecular complexity index is 437. The number of hydrogen-bond acceptors (Lipinski definition) is 3. The first-order chi connectivity index (χ1) is 9.70. The van der Waals surface area contributed by atoms with Crippen molar-refractivity contribution in [3.63, 3.8) is 0 Å². The summed E-state index contributed by atoms with van der Waals surface area (Å²) in [7, 11) is 0. The molecule has 3 rings (SSSR count). The van der Waals surface area contributed by atoms with Crippen molar-refractivity contribution in [2.75, 3.05) is 13.2 Å². The summed E-state index contributed by atoms with van der Waals surface area (Å²) in [4.78, 5) is 0. The second-order valence-corrected chi connectivity index (χ2v) is 7.02. The van der Waals surface area contributed by atoms with Crippen LogP contribution in [0.2, 0.25) is 0 Å². The predicted molar refractivity (Wildman–Crippen MR) is 82.9 cm³/mol. The molecule has 20 heavy (non-hydrogen) atoms. The van der Waals surface area contributed by atoms with E-state index in [9.17, 15) is 5.11 Å². The van der Waals surface area contributed by atoms with Crippen LogP contribution in [-0.4, -0.2) is 30.4 Å². The van der Waals surface area contributed by atoms with E-state index >= 15 is 0 Å². The van der Waals surface area contributed by atoms with Crippen LogP contribution < -0.4 is 10.1 Å². The summed E-state index contributed by atoms with van der Waals surface area (Å²) in [6, 6.07) is 8.31. The molecule has 0 aliphatic heterocycles. The van der Waals surface area contributed by atoms with Crippen molar-refractivity contribution in [3.05, 3.63) is 28.7 Å². The number of hydrogen-bond donors (Lipinski definition) is 2. The summed E-state index contributed by atoms with van der Waals surface area (Å²) >= 11 is 3.39. The maximum absolute atomic E-state index is 10.00. The minimum Gasteiger partial charge on any atom is -0.491 e. The first-order valence-electron chi connectivity index (χ1n) is 7.50. The Morgan fingerprint density at radius 3 is 2.70 bits per heavy atom. The van der Waals surface area contributed by atoms with Crippen molar-refractivity contribution in [2.24, 2.45) is 11.8 Å². The number of nitrogens with one attached hydrogen (secondary N) is 1. The largest absolute Gasteiger partial charge is 0.491 e. The van der Waals surface area contributed by atoms with E-state index in [1.54, 1.807) is 0 Å². The lowest BCUT2D eigenvalue weighted by Crippen LogP contribution is -2.40. The molecule has 4 unspecified atom stereocenters. The summed E-state index contributed by atoms with van der Waals surface area (Å²) < 4.78 is 6.62. The first-order valence-corrected chi connectivity index (χ1v) is 8.30. The Morgan fingerprint density at radius 2 is 2.05 bits per heavy atom. The maximum atomic E-state index is 10.00. The third kappa shape index (κ3) is 3.54. The van der Waals surface area contributed by atoms with Crippen LogP contribution in [0.1, 0.15) is 25.7 Å². The van der Waals surface area contributed by atoms with Crippen LogP contribution >= 0.6 is 15.9 Å². The maximum Gasteiger partial charge on any atom is 0.119 e. The van der Waals surface area contributed by atoms with Gasteiger partial charge in [-0.3, -0.25) is 0 Å². The fraction of sp³-hybridized carbons (Fsp3) is 0.625. The molecule has 1 aromatic carbocycles. The fourth-order valence-electron chi connectivity index (χ4n) is 3.56. The highest BCUT2D eigenvalue weighted by Crippen LogP contribution is 2.44. The predicted octanol–water partition coefficient (Wildman–Crippen LogP) is 2.97. The van der Waals surface area contributed by atoms with E-state index in [1.807, 2.05) is 24.3 Å². The van der Waals surface area contributed by atoms with Crippen LogP contribution in [0.5, 0.6) is 5.75 Å². The Morgan fingerprint density at radius 1 is 1.25 bits per heavy atom. The Labute approximate surface area is 128 Å². The van der Waals surface area contributed by atoms with Gasteiger partial charge >= 0.3 is 0 Å². The van der Waals surface area contributed by atoms with Crippen LogP contribution in [-0.2, 0) is 0 Å². The van der Waals surface area contributed by atoms with E-state index in [2.05, 4.69) is 21.2 Å². The molecule has 4 heteroatoms. The van der Waals surface area contributed by atoms with Crippen molar-refractivity contribution in [1.82, 2.24) is 5.32 Å². The molecule has 0 spiro atoms. The van der Waals surface area contributed by atoms with Crippen LogP contribution in [0.25, 0.3) is 0 Å². The second-order valence-electron chi connectivity index (χ2n) is 6.11. The zero-order valence-corrected chi connectivity index (χ0v) is 13.2. The highest BCUT2D eigenvalue weighted by molar-refractivity contribution is 9.10. The quantitative estimate of drug-likeness (QED) is 0.837. The highest BCUT2D eigenvalue weighted by Gasteiger charge is 2.39. The zero-order valence-electron chi connectivity index (χ0n) is 11.6. The van der Waals surface area contributed by atoms with Gasteiger partial charge in [-0.05, 0) is 55.4 Å². The monoisotopic (exact) mass is 339 g/mol. The van der Waals surface area contributed by atoms with Crippen molar-refractivity contribution in [2.45, 2.75) is 37.8 Å². The van der Waals surface area contributed by atoms with E-state index in [0.717, 1.165) is 22.1 Å². The molecule has 2 saturated carbocycles. The molecule has 2 fully saturated rings. The Kier molecular flexibility index (Phi) is 4.64. The summed E-state index contributed by atoms with van der Waals surface area (Å²) in [6.07, 6.45) is 5.03. The number of rotatable bonds is 6. The first kappa shape index (κ1) is 14.4. The van der Waals surface area contributed by atoms with Crippen molar-refractivity contribution in [1.29, 1.82) is 0 Å². The van der Waals surface area contributed by atoms with Crippen LogP contribution in [0.3, 0.4) is 0 Å². The van der Waals surface area contributed by atoms with Gasteiger partial charge in [-0.1, -0.05) is 22.4 Å². The molecule has 0 heterocycles. The summed E-state index contributed by atoms with van der Waals surface area (Å²) in [5.74, 6) is 2.58. The van der Waals surface area contributed by atoms with Gasteiger partial charge in [0.05, 0.1) is 0 Å². The number of fused-ring (bicyclic) bond motifs is 2. The third-order valence-corrected chi connectivity index (χ3v) is 5.14. The number of ether oxygens (including phenoxy) is 1. The Balaban J connectivity index is 1.37. The second kappa shape index (κ2) is 6.46. The smallest absolute Gasteiger partial charge is 0.119 e. The molecule has 2 N–H and O–H groups in total. The topological polar surface area (TPSA) is 41.5 Å². The van der Waals surface area contributed by atoms with Crippen LogP contribution in [0.15, 0.2) is 28.7 Å². The third-order valence-electron chi connectivity index (χ3n) is 4.61. The lowest BCUT2D eigenvalue weighted by molar-refractivity contribution is 0.101. The highest BCUT2D eigenvalue weighted by atomic mass is 79.9. The van der Waals surface area contributed by atoms with E-state index in [0.29, 0.717) is 19.2 Å². The SMILES string of the molecule is OC(CNC1CC2CCC1C2)COc1ccc(Br)cc1. The number of aliphatic hydroxyl groups excluding tert-OH is 1. The molecule has 0 aromatic heterocycles. The number of aliphatic hydroxyl groups is 1. The summed E-state index contributed by atoms with van der Waals surface area (Å²) in [5.41, 5.74) is 0. The molecule has 4 atom stereocenters. The molecule has 3 nitrogen and oxygen atoms in total. The van der Waals surface area contributed by atoms with Crippen molar-refractivity contribution in [3.8, 4) is 5.75 Å². The van der Waals surface area contributed by atoms with Gasteiger partial charge in [0.1, 0.15) is 18.5 Å². The number of benzene rings is 1. The van der Waals surface area contributed by atoms with Crippen molar-refractivity contribution >= 4 is 15.9 Å². The molecule has 0 amide bonds. The van der Waals surface area contributed by atoms with E-state index in [4.69, 9.17) is 4.74 Å².